The number of nitrogen functional groups attached to an aromatic ring is 1. The molecule has 0 radical (unpaired) electrons. The van der Waals surface area contributed by atoms with Crippen molar-refractivity contribution in [2.75, 3.05) is 12.3 Å². The summed E-state index contributed by atoms with van der Waals surface area (Å²) in [7, 11) is 0. The van der Waals surface area contributed by atoms with Gasteiger partial charge in [0.15, 0.2) is 4.34 Å². The average molecular weight is 286 g/mol. The Labute approximate surface area is 103 Å². The molecule has 1 heterocycles. The molecule has 96 valence electrons. The van der Waals surface area contributed by atoms with Crippen LogP contribution in [0.3, 0.4) is 0 Å². The van der Waals surface area contributed by atoms with E-state index in [1.807, 2.05) is 0 Å². The zero-order valence-corrected chi connectivity index (χ0v) is 10.2. The van der Waals surface area contributed by atoms with Crippen molar-refractivity contribution in [1.82, 2.24) is 15.5 Å². The fourth-order valence-corrected chi connectivity index (χ4v) is 2.61. The van der Waals surface area contributed by atoms with E-state index in [0.717, 1.165) is 23.1 Å². The van der Waals surface area contributed by atoms with E-state index in [2.05, 4.69) is 10.2 Å². The molecule has 0 aliphatic rings. The Hall–Kier alpha value is -1.03. The van der Waals surface area contributed by atoms with Gasteiger partial charge in [-0.05, 0) is 6.92 Å². The third kappa shape index (κ3) is 5.22. The number of thioether (sulfide) groups is 1. The van der Waals surface area contributed by atoms with E-state index in [1.165, 1.54) is 6.92 Å². The Kier molecular flexibility index (Phi) is 4.57. The van der Waals surface area contributed by atoms with Crippen LogP contribution in [0.1, 0.15) is 6.92 Å². The van der Waals surface area contributed by atoms with Crippen LogP contribution in [0, 0.1) is 0 Å². The summed E-state index contributed by atoms with van der Waals surface area (Å²) in [6, 6.07) is 0. The topological polar surface area (TPSA) is 80.9 Å². The highest BCUT2D eigenvalue weighted by Gasteiger charge is 2.29. The standard InChI is InChI=1S/C7H9F3N4OS2/c1-3(4(15)12-2-7(8,9)10)16-6-14-13-5(11)17-6/h3H,2H2,1H3,(H2,11,13)(H,12,15)/t3-/m1/s1. The van der Waals surface area contributed by atoms with Gasteiger partial charge >= 0.3 is 6.18 Å². The number of halogens is 3. The predicted molar refractivity (Wildman–Crippen MR) is 58.7 cm³/mol. The van der Waals surface area contributed by atoms with Crippen molar-refractivity contribution in [1.29, 1.82) is 0 Å². The SMILES string of the molecule is C[C@@H](Sc1nnc(N)s1)C(=O)NCC(F)(F)F. The van der Waals surface area contributed by atoms with Crippen molar-refractivity contribution in [2.24, 2.45) is 0 Å². The highest BCUT2D eigenvalue weighted by atomic mass is 32.2. The monoisotopic (exact) mass is 286 g/mol. The maximum Gasteiger partial charge on any atom is 0.405 e. The number of nitrogens with one attached hydrogen (secondary N) is 1. The first-order chi connectivity index (χ1) is 7.78. The fourth-order valence-electron chi connectivity index (χ4n) is 0.804. The molecule has 0 aliphatic heterocycles. The molecular formula is C7H9F3N4OS2. The molecule has 0 unspecified atom stereocenters. The predicted octanol–water partition coefficient (Wildman–Crippen LogP) is 1.28. The number of amides is 1. The summed E-state index contributed by atoms with van der Waals surface area (Å²) in [5, 5.41) is 8.52. The molecular weight excluding hydrogens is 277 g/mol. The van der Waals surface area contributed by atoms with Crippen LogP contribution in [0.15, 0.2) is 4.34 Å². The van der Waals surface area contributed by atoms with Crippen LogP contribution in [0.2, 0.25) is 0 Å². The molecule has 5 nitrogen and oxygen atoms in total. The van der Waals surface area contributed by atoms with Crippen molar-refractivity contribution >= 4 is 34.1 Å². The second-order valence-corrected chi connectivity index (χ2v) is 5.60. The number of alkyl halides is 3. The van der Waals surface area contributed by atoms with E-state index in [4.69, 9.17) is 5.73 Å². The summed E-state index contributed by atoms with van der Waals surface area (Å²) in [5.41, 5.74) is 5.33. The molecule has 1 aromatic heterocycles. The molecule has 1 aromatic rings. The molecule has 0 spiro atoms. The smallest absolute Gasteiger partial charge is 0.374 e. The first-order valence-corrected chi connectivity index (χ1v) is 6.07. The summed E-state index contributed by atoms with van der Waals surface area (Å²) in [4.78, 5) is 11.3. The molecule has 1 rings (SSSR count). The van der Waals surface area contributed by atoms with E-state index in [-0.39, 0.29) is 5.13 Å². The maximum absolute atomic E-state index is 11.9. The second kappa shape index (κ2) is 5.54. The Morgan fingerprint density at radius 2 is 2.24 bits per heavy atom. The fraction of sp³-hybridized carbons (Fsp3) is 0.571. The number of aromatic nitrogens is 2. The normalized spacial score (nSPS) is 13.4. The molecule has 0 saturated carbocycles. The van der Waals surface area contributed by atoms with Crippen LogP contribution in [-0.4, -0.2) is 34.1 Å². The summed E-state index contributed by atoms with van der Waals surface area (Å²) < 4.78 is 36.0. The van der Waals surface area contributed by atoms with Crippen LogP contribution in [0.4, 0.5) is 18.3 Å². The van der Waals surface area contributed by atoms with Crippen molar-refractivity contribution in [3.8, 4) is 0 Å². The first kappa shape index (κ1) is 14.0. The average Bonchev–Trinajstić information content (AvgIpc) is 2.59. The first-order valence-electron chi connectivity index (χ1n) is 4.38. The third-order valence-electron chi connectivity index (χ3n) is 1.53. The molecule has 1 amide bonds. The summed E-state index contributed by atoms with van der Waals surface area (Å²) in [6.07, 6.45) is -4.41. The summed E-state index contributed by atoms with van der Waals surface area (Å²) >= 11 is 2.08. The molecule has 3 N–H and O–H groups in total. The van der Waals surface area contributed by atoms with Crippen molar-refractivity contribution in [3.63, 3.8) is 0 Å². The Balaban J connectivity index is 2.42. The van der Waals surface area contributed by atoms with Gasteiger partial charge in [-0.3, -0.25) is 4.79 Å². The van der Waals surface area contributed by atoms with Crippen LogP contribution in [0.5, 0.6) is 0 Å². The van der Waals surface area contributed by atoms with Gasteiger partial charge in [0.1, 0.15) is 6.54 Å². The van der Waals surface area contributed by atoms with E-state index in [1.54, 1.807) is 5.32 Å². The van der Waals surface area contributed by atoms with Crippen molar-refractivity contribution in [3.05, 3.63) is 0 Å². The number of nitrogens with zero attached hydrogens (tertiary/aromatic N) is 2. The molecule has 0 bridgehead atoms. The van der Waals surface area contributed by atoms with Gasteiger partial charge in [0.2, 0.25) is 11.0 Å². The number of hydrogen-bond acceptors (Lipinski definition) is 6. The van der Waals surface area contributed by atoms with Crippen LogP contribution in [-0.2, 0) is 4.79 Å². The number of hydrogen-bond donors (Lipinski definition) is 2. The zero-order valence-electron chi connectivity index (χ0n) is 8.61. The lowest BCUT2D eigenvalue weighted by Gasteiger charge is -2.11. The second-order valence-electron chi connectivity index (χ2n) is 3.00. The number of anilines is 1. The molecule has 1 atom stereocenters. The van der Waals surface area contributed by atoms with Gasteiger partial charge in [0.25, 0.3) is 0 Å². The molecule has 0 fully saturated rings. The minimum atomic E-state index is -4.41. The molecule has 0 aliphatic carbocycles. The van der Waals surface area contributed by atoms with Gasteiger partial charge in [-0.25, -0.2) is 0 Å². The van der Waals surface area contributed by atoms with Crippen molar-refractivity contribution in [2.45, 2.75) is 22.7 Å². The molecule has 17 heavy (non-hydrogen) atoms. The van der Waals surface area contributed by atoms with E-state index < -0.39 is 23.9 Å². The zero-order chi connectivity index (χ0) is 13.1. The van der Waals surface area contributed by atoms with E-state index in [9.17, 15) is 18.0 Å². The number of nitrogens with two attached hydrogens (primary N) is 1. The third-order valence-corrected chi connectivity index (χ3v) is 3.47. The lowest BCUT2D eigenvalue weighted by molar-refractivity contribution is -0.137. The minimum Gasteiger partial charge on any atom is -0.374 e. The number of rotatable bonds is 4. The van der Waals surface area contributed by atoms with Gasteiger partial charge in [0.05, 0.1) is 5.25 Å². The molecule has 0 saturated heterocycles. The van der Waals surface area contributed by atoms with Crippen LogP contribution < -0.4 is 11.1 Å². The molecule has 10 heteroatoms. The Morgan fingerprint density at radius 1 is 1.59 bits per heavy atom. The van der Waals surface area contributed by atoms with Gasteiger partial charge in [-0.15, -0.1) is 10.2 Å². The lowest BCUT2D eigenvalue weighted by Crippen LogP contribution is -2.37. The Bertz CT molecular complexity index is 395. The highest BCUT2D eigenvalue weighted by Crippen LogP contribution is 2.27. The Morgan fingerprint density at radius 3 is 2.71 bits per heavy atom. The van der Waals surface area contributed by atoms with Gasteiger partial charge < -0.3 is 11.1 Å². The largest absolute Gasteiger partial charge is 0.405 e. The van der Waals surface area contributed by atoms with Gasteiger partial charge in [0, 0.05) is 0 Å². The number of carbonyl (C=O) groups is 1. The lowest BCUT2D eigenvalue weighted by atomic mass is 10.4. The van der Waals surface area contributed by atoms with E-state index in [0.29, 0.717) is 4.34 Å². The van der Waals surface area contributed by atoms with Crippen molar-refractivity contribution < 1.29 is 18.0 Å². The quantitative estimate of drug-likeness (QED) is 0.815. The van der Waals surface area contributed by atoms with Gasteiger partial charge in [-0.1, -0.05) is 23.1 Å². The van der Waals surface area contributed by atoms with Crippen LogP contribution in [0.25, 0.3) is 0 Å². The minimum absolute atomic E-state index is 0.246. The highest BCUT2D eigenvalue weighted by molar-refractivity contribution is 8.02. The summed E-state index contributed by atoms with van der Waals surface area (Å²) in [5.74, 6) is -0.707. The number of carbonyl (C=O) groups excluding carboxylic acids is 1. The molecule has 0 aromatic carbocycles. The van der Waals surface area contributed by atoms with Gasteiger partial charge in [-0.2, -0.15) is 13.2 Å². The van der Waals surface area contributed by atoms with Crippen LogP contribution >= 0.6 is 23.1 Å². The van der Waals surface area contributed by atoms with E-state index >= 15 is 0 Å². The summed E-state index contributed by atoms with van der Waals surface area (Å²) in [6.45, 7) is 0.142. The maximum atomic E-state index is 11.9.